The highest BCUT2D eigenvalue weighted by molar-refractivity contribution is 5.89. The van der Waals surface area contributed by atoms with E-state index in [9.17, 15) is 4.79 Å². The Morgan fingerprint density at radius 3 is 2.22 bits per heavy atom. The molecule has 0 aromatic heterocycles. The minimum atomic E-state index is -0.617. The second-order valence-electron chi connectivity index (χ2n) is 9.82. The highest BCUT2D eigenvalue weighted by atomic mass is 16.9. The van der Waals surface area contributed by atoms with E-state index in [0.717, 1.165) is 51.4 Å². The molecule has 0 radical (unpaired) electrons. The topological polar surface area (TPSA) is 72.5 Å². The Morgan fingerprint density at radius 2 is 1.50 bits per heavy atom. The van der Waals surface area contributed by atoms with Crippen molar-refractivity contribution in [1.29, 1.82) is 0 Å². The van der Waals surface area contributed by atoms with Gasteiger partial charge in [-0.2, -0.15) is 0 Å². The maximum atomic E-state index is 13.0. The summed E-state index contributed by atoms with van der Waals surface area (Å²) in [7, 11) is 0. The second kappa shape index (κ2) is 8.37. The van der Waals surface area contributed by atoms with Crippen LogP contribution in [0.15, 0.2) is 30.3 Å². The second-order valence-corrected chi connectivity index (χ2v) is 9.82. The van der Waals surface area contributed by atoms with Gasteiger partial charge >= 0.3 is 5.97 Å². The Morgan fingerprint density at radius 1 is 0.812 bits per heavy atom. The number of hydrogen-bond donors (Lipinski definition) is 0. The molecule has 3 heterocycles. The fourth-order valence-electron chi connectivity index (χ4n) is 5.97. The standard InChI is InChI=1S/C25H32O7/c26-22(17-10-4-1-5-11-17)28-20-19(18-16-27-24(30-18)12-6-2-7-13-24)29-23-21(20)31-25(32-23)14-8-3-9-15-25/h1,4-5,10-11,18-21,23H,2-3,6-9,12-16H2. The molecule has 0 bridgehead atoms. The maximum absolute atomic E-state index is 13.0. The number of benzene rings is 1. The summed E-state index contributed by atoms with van der Waals surface area (Å²) in [5.41, 5.74) is 0.508. The average molecular weight is 445 g/mol. The van der Waals surface area contributed by atoms with Crippen LogP contribution in [0, 0.1) is 0 Å². The SMILES string of the molecule is O=C(OC1C(C2COC3(CCCCC3)O2)OC2OC3(CCCCC3)OC21)c1ccccc1. The Hall–Kier alpha value is -1.51. The molecule has 1 aromatic carbocycles. The zero-order chi connectivity index (χ0) is 21.6. The normalized spacial score (nSPS) is 37.6. The summed E-state index contributed by atoms with van der Waals surface area (Å²) in [6.45, 7) is 0.425. The third-order valence-corrected chi connectivity index (χ3v) is 7.62. The number of esters is 1. The first kappa shape index (κ1) is 21.1. The van der Waals surface area contributed by atoms with Crippen molar-refractivity contribution >= 4 is 5.97 Å². The molecule has 0 N–H and O–H groups in total. The predicted molar refractivity (Wildman–Crippen MR) is 113 cm³/mol. The Balaban J connectivity index is 1.22. The lowest BCUT2D eigenvalue weighted by Crippen LogP contribution is -2.46. The predicted octanol–water partition coefficient (Wildman–Crippen LogP) is 4.09. The minimum Gasteiger partial charge on any atom is -0.453 e. The average Bonchev–Trinajstić information content (AvgIpc) is 3.48. The van der Waals surface area contributed by atoms with Crippen LogP contribution >= 0.6 is 0 Å². The fourth-order valence-corrected chi connectivity index (χ4v) is 5.97. The van der Waals surface area contributed by atoms with Gasteiger partial charge in [-0.1, -0.05) is 31.0 Å². The quantitative estimate of drug-likeness (QED) is 0.650. The van der Waals surface area contributed by atoms with E-state index in [1.165, 1.54) is 12.8 Å². The van der Waals surface area contributed by atoms with E-state index in [-0.39, 0.29) is 12.1 Å². The molecular formula is C25H32O7. The van der Waals surface area contributed by atoms with Crippen molar-refractivity contribution in [3.63, 3.8) is 0 Å². The fraction of sp³-hybridized carbons (Fsp3) is 0.720. The van der Waals surface area contributed by atoms with Gasteiger partial charge in [-0.15, -0.1) is 0 Å². The molecule has 7 heteroatoms. The molecule has 0 amide bonds. The van der Waals surface area contributed by atoms with Gasteiger partial charge in [0.25, 0.3) is 0 Å². The van der Waals surface area contributed by atoms with Gasteiger partial charge in [0, 0.05) is 25.7 Å². The molecule has 5 unspecified atom stereocenters. The molecule has 7 nitrogen and oxygen atoms in total. The minimum absolute atomic E-state index is 0.318. The number of carbonyl (C=O) groups excluding carboxylic acids is 1. The maximum Gasteiger partial charge on any atom is 0.338 e. The molecule has 2 saturated carbocycles. The van der Waals surface area contributed by atoms with Crippen molar-refractivity contribution in [2.24, 2.45) is 0 Å². The van der Waals surface area contributed by atoms with Crippen molar-refractivity contribution in [3.05, 3.63) is 35.9 Å². The Bertz CT molecular complexity index is 815. The lowest BCUT2D eigenvalue weighted by Gasteiger charge is -2.35. The van der Waals surface area contributed by atoms with Crippen LogP contribution in [0.4, 0.5) is 0 Å². The summed E-state index contributed by atoms with van der Waals surface area (Å²) in [5.74, 6) is -1.53. The van der Waals surface area contributed by atoms with Crippen LogP contribution in [-0.2, 0) is 28.4 Å². The first-order valence-corrected chi connectivity index (χ1v) is 12.2. The Labute approximate surface area is 188 Å². The van der Waals surface area contributed by atoms with Crippen molar-refractivity contribution in [2.75, 3.05) is 6.61 Å². The largest absolute Gasteiger partial charge is 0.453 e. The van der Waals surface area contributed by atoms with Crippen LogP contribution in [0.5, 0.6) is 0 Å². The molecule has 1 aromatic rings. The lowest BCUT2D eigenvalue weighted by molar-refractivity contribution is -0.259. The summed E-state index contributed by atoms with van der Waals surface area (Å²) < 4.78 is 37.8. The van der Waals surface area contributed by atoms with Crippen LogP contribution in [0.2, 0.25) is 0 Å². The molecule has 5 atom stereocenters. The van der Waals surface area contributed by atoms with E-state index < -0.39 is 36.2 Å². The third-order valence-electron chi connectivity index (χ3n) is 7.62. The summed E-state index contributed by atoms with van der Waals surface area (Å²) in [4.78, 5) is 13.0. The van der Waals surface area contributed by atoms with Gasteiger partial charge in [0.05, 0.1) is 12.2 Å². The van der Waals surface area contributed by atoms with E-state index >= 15 is 0 Å². The van der Waals surface area contributed by atoms with Gasteiger partial charge in [-0.05, 0) is 37.8 Å². The van der Waals surface area contributed by atoms with E-state index in [2.05, 4.69) is 0 Å². The lowest BCUT2D eigenvalue weighted by atomic mass is 9.94. The first-order chi connectivity index (χ1) is 15.7. The van der Waals surface area contributed by atoms with Crippen molar-refractivity contribution in [2.45, 2.75) is 106 Å². The monoisotopic (exact) mass is 444 g/mol. The molecule has 5 fully saturated rings. The van der Waals surface area contributed by atoms with Crippen molar-refractivity contribution in [1.82, 2.24) is 0 Å². The molecule has 3 aliphatic heterocycles. The van der Waals surface area contributed by atoms with Gasteiger partial charge < -0.3 is 28.4 Å². The molecule has 3 saturated heterocycles. The van der Waals surface area contributed by atoms with Crippen LogP contribution in [0.1, 0.15) is 74.6 Å². The number of carbonyl (C=O) groups is 1. The van der Waals surface area contributed by atoms with E-state index in [1.54, 1.807) is 12.1 Å². The van der Waals surface area contributed by atoms with Crippen molar-refractivity contribution in [3.8, 4) is 0 Å². The number of rotatable bonds is 3. The first-order valence-electron chi connectivity index (χ1n) is 12.2. The van der Waals surface area contributed by atoms with Gasteiger partial charge in [-0.25, -0.2) is 4.79 Å². The molecule has 5 aliphatic rings. The van der Waals surface area contributed by atoms with Gasteiger partial charge in [0.1, 0.15) is 12.2 Å². The van der Waals surface area contributed by atoms with E-state index in [1.807, 2.05) is 18.2 Å². The van der Waals surface area contributed by atoms with Crippen molar-refractivity contribution < 1.29 is 33.2 Å². The van der Waals surface area contributed by atoms with Gasteiger partial charge in [0.2, 0.25) is 0 Å². The summed E-state index contributed by atoms with van der Waals surface area (Å²) in [6, 6.07) is 9.04. The van der Waals surface area contributed by atoms with Crippen LogP contribution in [-0.4, -0.2) is 54.9 Å². The van der Waals surface area contributed by atoms with Gasteiger partial charge in [-0.3, -0.25) is 0 Å². The number of hydrogen-bond acceptors (Lipinski definition) is 7. The van der Waals surface area contributed by atoms with Crippen LogP contribution < -0.4 is 0 Å². The smallest absolute Gasteiger partial charge is 0.338 e. The number of fused-ring (bicyclic) bond motifs is 1. The molecule has 174 valence electrons. The third kappa shape index (κ3) is 3.78. The van der Waals surface area contributed by atoms with Crippen LogP contribution in [0.3, 0.4) is 0 Å². The summed E-state index contributed by atoms with van der Waals surface area (Å²) in [5, 5.41) is 0. The van der Waals surface area contributed by atoms with Gasteiger partial charge in [0.15, 0.2) is 30.1 Å². The summed E-state index contributed by atoms with van der Waals surface area (Å²) >= 11 is 0. The zero-order valence-electron chi connectivity index (χ0n) is 18.4. The van der Waals surface area contributed by atoms with E-state index in [0.29, 0.717) is 12.2 Å². The molecule has 32 heavy (non-hydrogen) atoms. The Kier molecular flexibility index (Phi) is 5.50. The molecule has 2 spiro atoms. The summed E-state index contributed by atoms with van der Waals surface area (Å²) in [6.07, 6.45) is 7.80. The highest BCUT2D eigenvalue weighted by Gasteiger charge is 2.62. The van der Waals surface area contributed by atoms with E-state index in [4.69, 9.17) is 28.4 Å². The molecular weight excluding hydrogens is 412 g/mol. The molecule has 6 rings (SSSR count). The van der Waals surface area contributed by atoms with Crippen LogP contribution in [0.25, 0.3) is 0 Å². The highest BCUT2D eigenvalue weighted by Crippen LogP contribution is 2.48. The zero-order valence-corrected chi connectivity index (χ0v) is 18.4. The number of ether oxygens (including phenoxy) is 6. The molecule has 2 aliphatic carbocycles.